The number of hydrogen-bond donors (Lipinski definition) is 0. The van der Waals surface area contributed by atoms with E-state index in [1.807, 2.05) is 19.1 Å². The summed E-state index contributed by atoms with van der Waals surface area (Å²) in [5.41, 5.74) is 1.26. The highest BCUT2D eigenvalue weighted by molar-refractivity contribution is 5.43. The smallest absolute Gasteiger partial charge is 0.161 e. The molecule has 0 unspecified atom stereocenters. The predicted molar refractivity (Wildman–Crippen MR) is 62.5 cm³/mol. The number of methoxy groups -OCH3 is 1. The molecule has 1 aromatic carbocycles. The minimum atomic E-state index is 0.661. The zero-order chi connectivity index (χ0) is 11.3. The molecule has 0 heterocycles. The lowest BCUT2D eigenvalue weighted by molar-refractivity contribution is 0.310. The summed E-state index contributed by atoms with van der Waals surface area (Å²) in [5, 5.41) is 0. The Hall–Kier alpha value is -1.18. The van der Waals surface area contributed by atoms with E-state index < -0.39 is 0 Å². The first-order valence-electron chi connectivity index (χ1n) is 5.26. The van der Waals surface area contributed by atoms with Crippen LogP contribution in [0.1, 0.15) is 26.3 Å². The summed E-state index contributed by atoms with van der Waals surface area (Å²) >= 11 is 0. The van der Waals surface area contributed by atoms with Crippen molar-refractivity contribution in [3.05, 3.63) is 29.7 Å². The van der Waals surface area contributed by atoms with Crippen LogP contribution >= 0.6 is 0 Å². The van der Waals surface area contributed by atoms with Gasteiger partial charge in [0.15, 0.2) is 11.5 Å². The van der Waals surface area contributed by atoms with E-state index in [0.29, 0.717) is 6.61 Å². The van der Waals surface area contributed by atoms with Crippen LogP contribution in [-0.2, 0) is 6.42 Å². The topological polar surface area (TPSA) is 18.5 Å². The summed E-state index contributed by atoms with van der Waals surface area (Å²) in [4.78, 5) is 0. The monoisotopic (exact) mass is 207 g/mol. The van der Waals surface area contributed by atoms with Gasteiger partial charge in [-0.15, -0.1) is 0 Å². The van der Waals surface area contributed by atoms with Crippen molar-refractivity contribution in [3.63, 3.8) is 0 Å². The molecule has 15 heavy (non-hydrogen) atoms. The van der Waals surface area contributed by atoms with Crippen molar-refractivity contribution < 1.29 is 9.47 Å². The van der Waals surface area contributed by atoms with E-state index in [1.54, 1.807) is 7.11 Å². The van der Waals surface area contributed by atoms with Crippen LogP contribution in [0.25, 0.3) is 0 Å². The van der Waals surface area contributed by atoms with Gasteiger partial charge in [0, 0.05) is 0 Å². The predicted octanol–water partition coefficient (Wildman–Crippen LogP) is 3.25. The fourth-order valence-corrected chi connectivity index (χ4v) is 1.50. The first kappa shape index (κ1) is 11.9. The first-order valence-corrected chi connectivity index (χ1v) is 5.26. The van der Waals surface area contributed by atoms with Gasteiger partial charge < -0.3 is 9.47 Å². The third-order valence-corrected chi connectivity index (χ3v) is 2.09. The Morgan fingerprint density at radius 3 is 2.47 bits per heavy atom. The second-order valence-corrected chi connectivity index (χ2v) is 3.80. The van der Waals surface area contributed by atoms with Gasteiger partial charge >= 0.3 is 0 Å². The minimum absolute atomic E-state index is 0.661. The van der Waals surface area contributed by atoms with Crippen LogP contribution in [0.15, 0.2) is 18.2 Å². The van der Waals surface area contributed by atoms with Crippen molar-refractivity contribution >= 4 is 0 Å². The van der Waals surface area contributed by atoms with Gasteiger partial charge in [-0.2, -0.15) is 0 Å². The van der Waals surface area contributed by atoms with Crippen molar-refractivity contribution in [1.29, 1.82) is 0 Å². The molecule has 0 aromatic heterocycles. The molecule has 83 valence electrons. The SMILES string of the molecule is CCOc1ccc(C[C](C)C)cc1OC. The van der Waals surface area contributed by atoms with E-state index in [9.17, 15) is 0 Å². The van der Waals surface area contributed by atoms with Crippen LogP contribution in [0.5, 0.6) is 11.5 Å². The third-order valence-electron chi connectivity index (χ3n) is 2.09. The van der Waals surface area contributed by atoms with Gasteiger partial charge in [0.25, 0.3) is 0 Å². The zero-order valence-electron chi connectivity index (χ0n) is 9.96. The van der Waals surface area contributed by atoms with Gasteiger partial charge in [-0.05, 0) is 37.0 Å². The maximum Gasteiger partial charge on any atom is 0.161 e. The van der Waals surface area contributed by atoms with E-state index in [0.717, 1.165) is 17.9 Å². The number of benzene rings is 1. The lowest BCUT2D eigenvalue weighted by Crippen LogP contribution is -1.97. The van der Waals surface area contributed by atoms with Crippen molar-refractivity contribution in [2.45, 2.75) is 27.2 Å². The molecular weight excluding hydrogens is 188 g/mol. The molecule has 2 heteroatoms. The number of rotatable bonds is 5. The van der Waals surface area contributed by atoms with E-state index in [-0.39, 0.29) is 0 Å². The molecule has 1 aromatic rings. The van der Waals surface area contributed by atoms with Crippen molar-refractivity contribution in [3.8, 4) is 11.5 Å². The molecule has 0 fully saturated rings. The fourth-order valence-electron chi connectivity index (χ4n) is 1.50. The number of ether oxygens (including phenoxy) is 2. The zero-order valence-corrected chi connectivity index (χ0v) is 9.96. The Bertz CT molecular complexity index is 305. The summed E-state index contributed by atoms with van der Waals surface area (Å²) in [5.74, 6) is 3.02. The average Bonchev–Trinajstić information content (AvgIpc) is 2.20. The van der Waals surface area contributed by atoms with Crippen molar-refractivity contribution in [2.75, 3.05) is 13.7 Å². The second-order valence-electron chi connectivity index (χ2n) is 3.80. The van der Waals surface area contributed by atoms with E-state index in [1.165, 1.54) is 11.5 Å². The summed E-state index contributed by atoms with van der Waals surface area (Å²) in [6.45, 7) is 6.89. The molecule has 0 bridgehead atoms. The number of hydrogen-bond acceptors (Lipinski definition) is 2. The molecule has 0 aliphatic carbocycles. The summed E-state index contributed by atoms with van der Waals surface area (Å²) in [6.07, 6.45) is 0.989. The van der Waals surface area contributed by atoms with Gasteiger partial charge in [-0.3, -0.25) is 0 Å². The molecule has 0 amide bonds. The molecule has 1 radical (unpaired) electrons. The van der Waals surface area contributed by atoms with Crippen LogP contribution in [0.3, 0.4) is 0 Å². The molecule has 0 atom stereocenters. The average molecular weight is 207 g/mol. The Morgan fingerprint density at radius 1 is 1.20 bits per heavy atom. The van der Waals surface area contributed by atoms with Crippen LogP contribution in [0.4, 0.5) is 0 Å². The minimum Gasteiger partial charge on any atom is -0.493 e. The highest BCUT2D eigenvalue weighted by atomic mass is 16.5. The Balaban J connectivity index is 2.86. The summed E-state index contributed by atoms with van der Waals surface area (Å²) < 4.78 is 10.7. The van der Waals surface area contributed by atoms with Gasteiger partial charge in [0.1, 0.15) is 0 Å². The highest BCUT2D eigenvalue weighted by Gasteiger charge is 2.06. The normalized spacial score (nSPS) is 10.5. The Morgan fingerprint density at radius 2 is 1.93 bits per heavy atom. The van der Waals surface area contributed by atoms with Gasteiger partial charge in [0.2, 0.25) is 0 Å². The molecule has 0 spiro atoms. The van der Waals surface area contributed by atoms with Crippen LogP contribution in [-0.4, -0.2) is 13.7 Å². The summed E-state index contributed by atoms with van der Waals surface area (Å²) in [7, 11) is 1.67. The van der Waals surface area contributed by atoms with Crippen LogP contribution < -0.4 is 9.47 Å². The largest absolute Gasteiger partial charge is 0.493 e. The Kier molecular flexibility index (Phi) is 4.47. The first-order chi connectivity index (χ1) is 7.17. The lowest BCUT2D eigenvalue weighted by atomic mass is 10.0. The molecular formula is C13H19O2. The van der Waals surface area contributed by atoms with Crippen LogP contribution in [0, 0.1) is 5.92 Å². The molecule has 0 saturated heterocycles. The van der Waals surface area contributed by atoms with E-state index >= 15 is 0 Å². The Labute approximate surface area is 92.2 Å². The second kappa shape index (κ2) is 5.64. The lowest BCUT2D eigenvalue weighted by Gasteiger charge is -2.11. The van der Waals surface area contributed by atoms with Crippen molar-refractivity contribution in [2.24, 2.45) is 0 Å². The van der Waals surface area contributed by atoms with Gasteiger partial charge in [-0.1, -0.05) is 19.9 Å². The standard InChI is InChI=1S/C13H19O2/c1-5-15-12-7-6-11(8-10(2)3)9-13(12)14-4/h6-7,9H,5,8H2,1-4H3. The highest BCUT2D eigenvalue weighted by Crippen LogP contribution is 2.28. The van der Waals surface area contributed by atoms with Crippen molar-refractivity contribution in [1.82, 2.24) is 0 Å². The van der Waals surface area contributed by atoms with E-state index in [2.05, 4.69) is 19.9 Å². The molecule has 0 aliphatic rings. The molecule has 2 nitrogen and oxygen atoms in total. The fraction of sp³-hybridized carbons (Fsp3) is 0.462. The third kappa shape index (κ3) is 3.46. The van der Waals surface area contributed by atoms with E-state index in [4.69, 9.17) is 9.47 Å². The molecule has 0 saturated carbocycles. The maximum atomic E-state index is 5.46. The molecule has 1 rings (SSSR count). The van der Waals surface area contributed by atoms with Gasteiger partial charge in [0.05, 0.1) is 13.7 Å². The quantitative estimate of drug-likeness (QED) is 0.738. The molecule has 0 aliphatic heterocycles. The summed E-state index contributed by atoms with van der Waals surface area (Å²) in [6, 6.07) is 6.10. The van der Waals surface area contributed by atoms with Crippen LogP contribution in [0.2, 0.25) is 0 Å². The van der Waals surface area contributed by atoms with Gasteiger partial charge in [-0.25, -0.2) is 0 Å². The maximum absolute atomic E-state index is 5.46. The molecule has 0 N–H and O–H groups in total.